The minimum Gasteiger partial charge on any atom is -0.462 e. The van der Waals surface area contributed by atoms with Gasteiger partial charge in [0.2, 0.25) is 0 Å². The summed E-state index contributed by atoms with van der Waals surface area (Å²) in [5.41, 5.74) is 5.01. The second-order valence-electron chi connectivity index (χ2n) is 9.33. The zero-order valence-electron chi connectivity index (χ0n) is 19.8. The van der Waals surface area contributed by atoms with Crippen LogP contribution >= 0.6 is 0 Å². The van der Waals surface area contributed by atoms with Gasteiger partial charge in [0.15, 0.2) is 5.78 Å². The Kier molecular flexibility index (Phi) is 6.93. The number of ether oxygens (including phenoxy) is 1. The van der Waals surface area contributed by atoms with Crippen molar-refractivity contribution in [3.05, 3.63) is 52.4 Å². The van der Waals surface area contributed by atoms with Crippen LogP contribution in [0, 0.1) is 5.41 Å². The van der Waals surface area contributed by atoms with E-state index in [4.69, 9.17) is 4.74 Å². The van der Waals surface area contributed by atoms with Crippen molar-refractivity contribution >= 4 is 17.4 Å². The van der Waals surface area contributed by atoms with E-state index in [1.807, 2.05) is 13.8 Å². The summed E-state index contributed by atoms with van der Waals surface area (Å²) in [6.45, 7) is 14.6. The molecule has 1 aliphatic heterocycles. The Morgan fingerprint density at radius 2 is 1.77 bits per heavy atom. The molecule has 1 unspecified atom stereocenters. The molecule has 1 N–H and O–H groups in total. The summed E-state index contributed by atoms with van der Waals surface area (Å²) in [5, 5.41) is 3.39. The number of benzene rings is 1. The van der Waals surface area contributed by atoms with Crippen molar-refractivity contribution < 1.29 is 14.3 Å². The molecule has 5 nitrogen and oxygen atoms in total. The molecule has 0 bridgehead atoms. The van der Waals surface area contributed by atoms with Crippen LogP contribution in [0.15, 0.2) is 46.8 Å². The van der Waals surface area contributed by atoms with Crippen molar-refractivity contribution in [2.45, 2.75) is 66.7 Å². The number of dihydropyridines is 1. The second-order valence-corrected chi connectivity index (χ2v) is 9.33. The highest BCUT2D eigenvalue weighted by Crippen LogP contribution is 2.47. The molecule has 0 saturated heterocycles. The van der Waals surface area contributed by atoms with Crippen molar-refractivity contribution in [1.82, 2.24) is 5.32 Å². The summed E-state index contributed by atoms with van der Waals surface area (Å²) in [4.78, 5) is 28.6. The van der Waals surface area contributed by atoms with Gasteiger partial charge in [-0.2, -0.15) is 0 Å². The van der Waals surface area contributed by atoms with Crippen LogP contribution in [0.25, 0.3) is 0 Å². The molecule has 0 fully saturated rings. The summed E-state index contributed by atoms with van der Waals surface area (Å²) in [6.07, 6.45) is 2.03. The third kappa shape index (κ3) is 4.70. The van der Waals surface area contributed by atoms with Crippen LogP contribution in [0.5, 0.6) is 0 Å². The van der Waals surface area contributed by atoms with Crippen LogP contribution in [0.2, 0.25) is 0 Å². The number of hydrogen-bond donors (Lipinski definition) is 1. The lowest BCUT2D eigenvalue weighted by Gasteiger charge is -2.39. The highest BCUT2D eigenvalue weighted by molar-refractivity contribution is 6.04. The smallest absolute Gasteiger partial charge is 0.336 e. The lowest BCUT2D eigenvalue weighted by molar-refractivity contribution is -0.139. The number of esters is 1. The minimum absolute atomic E-state index is 0.0966. The van der Waals surface area contributed by atoms with E-state index in [0.29, 0.717) is 18.6 Å². The lowest BCUT2D eigenvalue weighted by atomic mass is 9.68. The number of carbonyl (C=O) groups is 2. The van der Waals surface area contributed by atoms with Crippen LogP contribution in [-0.4, -0.2) is 31.4 Å². The Hall–Kier alpha value is -2.56. The van der Waals surface area contributed by atoms with Gasteiger partial charge < -0.3 is 15.0 Å². The first-order valence-electron chi connectivity index (χ1n) is 11.5. The minimum atomic E-state index is -0.394. The molecule has 0 aromatic heterocycles. The quantitative estimate of drug-likeness (QED) is 0.618. The molecule has 1 aromatic rings. The maximum Gasteiger partial charge on any atom is 0.336 e. The molecule has 168 valence electrons. The molecule has 1 aromatic carbocycles. The van der Waals surface area contributed by atoms with Crippen molar-refractivity contribution in [3.63, 3.8) is 0 Å². The number of anilines is 1. The van der Waals surface area contributed by atoms with Crippen molar-refractivity contribution in [3.8, 4) is 0 Å². The zero-order valence-corrected chi connectivity index (χ0v) is 19.8. The molecule has 1 atom stereocenters. The Labute approximate surface area is 186 Å². The van der Waals surface area contributed by atoms with Gasteiger partial charge in [0, 0.05) is 48.1 Å². The van der Waals surface area contributed by atoms with E-state index in [1.54, 1.807) is 0 Å². The van der Waals surface area contributed by atoms with Gasteiger partial charge in [0.25, 0.3) is 0 Å². The summed E-state index contributed by atoms with van der Waals surface area (Å²) in [7, 11) is 0. The number of ketones is 1. The molecule has 0 radical (unpaired) electrons. The fourth-order valence-corrected chi connectivity index (χ4v) is 4.78. The van der Waals surface area contributed by atoms with E-state index in [0.717, 1.165) is 54.1 Å². The summed E-state index contributed by atoms with van der Waals surface area (Å²) < 4.78 is 5.53. The van der Waals surface area contributed by atoms with Crippen LogP contribution in [-0.2, 0) is 14.3 Å². The number of nitrogens with one attached hydrogen (secondary N) is 1. The van der Waals surface area contributed by atoms with Crippen molar-refractivity contribution in [2.24, 2.45) is 5.41 Å². The summed E-state index contributed by atoms with van der Waals surface area (Å²) in [6, 6.07) is 8.29. The van der Waals surface area contributed by atoms with Gasteiger partial charge in [-0.3, -0.25) is 4.79 Å². The van der Waals surface area contributed by atoms with Gasteiger partial charge in [-0.15, -0.1) is 0 Å². The third-order valence-electron chi connectivity index (χ3n) is 6.25. The first-order valence-corrected chi connectivity index (χ1v) is 11.5. The van der Waals surface area contributed by atoms with Crippen LogP contribution in [0.3, 0.4) is 0 Å². The zero-order chi connectivity index (χ0) is 22.8. The maximum absolute atomic E-state index is 13.3. The SMILES string of the molecule is CCCOC(=O)C1=C(C)NC2=C(C(=O)CC(C)(C)C2)C1c1ccc(N(CC)CC)cc1. The molecule has 2 aliphatic rings. The molecule has 0 amide bonds. The highest BCUT2D eigenvalue weighted by Gasteiger charge is 2.43. The van der Waals surface area contributed by atoms with Gasteiger partial charge in [-0.1, -0.05) is 32.9 Å². The number of allylic oxidation sites excluding steroid dienone is 3. The first-order chi connectivity index (χ1) is 14.7. The maximum atomic E-state index is 13.3. The van der Waals surface area contributed by atoms with Gasteiger partial charge in [-0.25, -0.2) is 4.79 Å². The number of carbonyl (C=O) groups excluding carboxylic acids is 2. The monoisotopic (exact) mass is 424 g/mol. The molecule has 1 heterocycles. The Bertz CT molecular complexity index is 905. The van der Waals surface area contributed by atoms with E-state index >= 15 is 0 Å². The number of hydrogen-bond acceptors (Lipinski definition) is 5. The number of nitrogens with zero attached hydrogens (tertiary/aromatic N) is 1. The topological polar surface area (TPSA) is 58.6 Å². The van der Waals surface area contributed by atoms with E-state index < -0.39 is 5.92 Å². The van der Waals surface area contributed by atoms with E-state index in [-0.39, 0.29) is 17.2 Å². The average Bonchev–Trinajstić information content (AvgIpc) is 2.71. The Balaban J connectivity index is 2.09. The first kappa shape index (κ1) is 23.1. The standard InChI is InChI=1S/C26H36N2O3/c1-7-14-31-25(30)22-17(4)27-20-15-26(5,6)16-21(29)24(20)23(22)18-10-12-19(13-11-18)28(8-2)9-3/h10-13,23,27H,7-9,14-16H2,1-6H3. The largest absolute Gasteiger partial charge is 0.462 e. The molecular formula is C26H36N2O3. The predicted octanol–water partition coefficient (Wildman–Crippen LogP) is 5.09. The Morgan fingerprint density at radius 3 is 2.35 bits per heavy atom. The van der Waals surface area contributed by atoms with Crippen molar-refractivity contribution in [2.75, 3.05) is 24.6 Å². The second kappa shape index (κ2) is 9.29. The summed E-state index contributed by atoms with van der Waals surface area (Å²) >= 11 is 0. The predicted molar refractivity (Wildman–Crippen MR) is 125 cm³/mol. The Morgan fingerprint density at radius 1 is 1.13 bits per heavy atom. The van der Waals surface area contributed by atoms with Crippen LogP contribution in [0.1, 0.15) is 72.3 Å². The van der Waals surface area contributed by atoms with Gasteiger partial charge in [0.1, 0.15) is 0 Å². The van der Waals surface area contributed by atoms with Gasteiger partial charge in [0.05, 0.1) is 12.2 Å². The molecule has 31 heavy (non-hydrogen) atoms. The number of Topliss-reactive ketones (excluding diaryl/α,β-unsaturated/α-hetero) is 1. The van der Waals surface area contributed by atoms with Crippen LogP contribution in [0.4, 0.5) is 5.69 Å². The number of rotatable bonds is 7. The average molecular weight is 425 g/mol. The normalized spacial score (nSPS) is 20.3. The summed E-state index contributed by atoms with van der Waals surface area (Å²) in [5.74, 6) is -0.617. The van der Waals surface area contributed by atoms with E-state index in [9.17, 15) is 9.59 Å². The van der Waals surface area contributed by atoms with Crippen molar-refractivity contribution in [1.29, 1.82) is 0 Å². The molecule has 0 spiro atoms. The highest BCUT2D eigenvalue weighted by atomic mass is 16.5. The lowest BCUT2D eigenvalue weighted by Crippen LogP contribution is -2.38. The van der Waals surface area contributed by atoms with Gasteiger partial charge >= 0.3 is 5.97 Å². The molecule has 1 aliphatic carbocycles. The van der Waals surface area contributed by atoms with Gasteiger partial charge in [-0.05, 0) is 56.7 Å². The molecule has 5 heteroatoms. The van der Waals surface area contributed by atoms with E-state index in [2.05, 4.69) is 62.2 Å². The molecule has 0 saturated carbocycles. The van der Waals surface area contributed by atoms with Crippen LogP contribution < -0.4 is 10.2 Å². The third-order valence-corrected chi connectivity index (χ3v) is 6.25. The molecular weight excluding hydrogens is 388 g/mol. The van der Waals surface area contributed by atoms with E-state index in [1.165, 1.54) is 0 Å². The fraction of sp³-hybridized carbons (Fsp3) is 0.538. The molecule has 3 rings (SSSR count). The fourth-order valence-electron chi connectivity index (χ4n) is 4.78.